The van der Waals surface area contributed by atoms with Gasteiger partial charge in [0.2, 0.25) is 0 Å². The normalized spacial score (nSPS) is 12.3. The number of unbranched alkanes of at least 4 members (excludes halogenated alkanes) is 56. The van der Waals surface area contributed by atoms with Crippen LogP contribution in [0.3, 0.4) is 0 Å². The van der Waals surface area contributed by atoms with Gasteiger partial charge in [-0.25, -0.2) is 0 Å². The van der Waals surface area contributed by atoms with Crippen LogP contribution in [0.4, 0.5) is 0 Å². The zero-order chi connectivity index (χ0) is 64.8. The van der Waals surface area contributed by atoms with E-state index in [2.05, 4.69) is 27.7 Å². The van der Waals surface area contributed by atoms with Gasteiger partial charge in [-0.3, -0.25) is 19.2 Å². The van der Waals surface area contributed by atoms with Gasteiger partial charge in [0.05, 0.1) is 13.2 Å². The molecule has 0 aliphatic rings. The smallest absolute Gasteiger partial charge is 0.307 e. The van der Waals surface area contributed by atoms with Crippen molar-refractivity contribution in [2.24, 2.45) is 0 Å². The molecule has 0 amide bonds. The highest BCUT2D eigenvalue weighted by atomic mass is 16.6. The van der Waals surface area contributed by atoms with Gasteiger partial charge >= 0.3 is 11.9 Å². The topological polar surface area (TPSA) is 168 Å². The number of carbonyl (C=O) groups excluding carboxylic acids is 4. The van der Waals surface area contributed by atoms with Crippen LogP contribution in [0.25, 0.3) is 0 Å². The molecule has 0 spiro atoms. The van der Waals surface area contributed by atoms with Crippen molar-refractivity contribution < 1.29 is 49.1 Å². The third-order valence-electron chi connectivity index (χ3n) is 18.4. The largest absolute Gasteiger partial charge is 0.463 e. The Labute approximate surface area is 546 Å². The number of aliphatic hydroxyl groups excluding tert-OH is 4. The summed E-state index contributed by atoms with van der Waals surface area (Å²) in [5, 5.41) is 39.0. The molecule has 0 saturated heterocycles. The van der Waals surface area contributed by atoms with Crippen LogP contribution < -0.4 is 0 Å². The van der Waals surface area contributed by atoms with E-state index in [9.17, 15) is 29.4 Å². The van der Waals surface area contributed by atoms with Crippen molar-refractivity contribution in [3.8, 4) is 0 Å². The summed E-state index contributed by atoms with van der Waals surface area (Å²) in [6.45, 7) is 7.79. The van der Waals surface area contributed by atoms with Crippen LogP contribution >= 0.6 is 0 Å². The molecule has 0 saturated carbocycles. The van der Waals surface area contributed by atoms with Crippen molar-refractivity contribution in [2.45, 2.75) is 456 Å². The van der Waals surface area contributed by atoms with Crippen LogP contribution in [0.2, 0.25) is 0 Å². The maximum Gasteiger partial charge on any atom is 0.307 e. The first kappa shape index (κ1) is 88.2. The summed E-state index contributed by atoms with van der Waals surface area (Å²) in [6, 6.07) is 0. The lowest BCUT2D eigenvalue weighted by Gasteiger charge is -2.34. The number of ether oxygens (including phenoxy) is 2. The van der Waals surface area contributed by atoms with E-state index < -0.39 is 42.0 Å². The monoisotopic (exact) mass is 1250 g/mol. The lowest BCUT2D eigenvalue weighted by atomic mass is 9.82. The molecule has 2 atom stereocenters. The Kier molecular flexibility index (Phi) is 72.7. The maximum absolute atomic E-state index is 14.0. The summed E-state index contributed by atoms with van der Waals surface area (Å²) >= 11 is 0. The van der Waals surface area contributed by atoms with Gasteiger partial charge in [-0.2, -0.15) is 0 Å². The van der Waals surface area contributed by atoms with Gasteiger partial charge in [-0.1, -0.05) is 387 Å². The van der Waals surface area contributed by atoms with Crippen molar-refractivity contribution in [3.05, 3.63) is 0 Å². The molecule has 0 aliphatic carbocycles. The zero-order valence-electron chi connectivity index (χ0n) is 59.3. The molecule has 0 fully saturated rings. The summed E-state index contributed by atoms with van der Waals surface area (Å²) in [5.41, 5.74) is -2.31. The second kappa shape index (κ2) is 72.5. The van der Waals surface area contributed by atoms with E-state index in [1.165, 1.54) is 295 Å². The highest BCUT2D eigenvalue weighted by Gasteiger charge is 2.53. The predicted molar refractivity (Wildman–Crippen MR) is 374 cm³/mol. The van der Waals surface area contributed by atoms with Crippen LogP contribution in [-0.2, 0) is 28.7 Å². The van der Waals surface area contributed by atoms with Gasteiger partial charge in [0.15, 0.2) is 11.6 Å². The average molecular weight is 1250 g/mol. The summed E-state index contributed by atoms with van der Waals surface area (Å²) in [4.78, 5) is 52.7. The van der Waals surface area contributed by atoms with Crippen molar-refractivity contribution in [2.75, 3.05) is 19.8 Å². The van der Waals surface area contributed by atoms with Crippen LogP contribution in [0.1, 0.15) is 439 Å². The third-order valence-corrected chi connectivity index (χ3v) is 18.4. The zero-order valence-corrected chi connectivity index (χ0v) is 59.3. The van der Waals surface area contributed by atoms with Gasteiger partial charge in [0.1, 0.15) is 18.8 Å². The Morgan fingerprint density at radius 2 is 0.466 bits per heavy atom. The van der Waals surface area contributed by atoms with Gasteiger partial charge in [0.25, 0.3) is 5.60 Å². The minimum atomic E-state index is -2.31. The van der Waals surface area contributed by atoms with E-state index in [4.69, 9.17) is 19.7 Å². The minimum Gasteiger partial charge on any atom is -0.463 e. The molecule has 10 heteroatoms. The molecule has 0 aromatic rings. The molecular formula is C78H152O10. The third kappa shape index (κ3) is 60.4. The van der Waals surface area contributed by atoms with Crippen molar-refractivity contribution in [1.82, 2.24) is 0 Å². The molecule has 88 heavy (non-hydrogen) atoms. The van der Waals surface area contributed by atoms with Crippen molar-refractivity contribution in [3.63, 3.8) is 0 Å². The molecule has 10 nitrogen and oxygen atoms in total. The lowest BCUT2D eigenvalue weighted by molar-refractivity contribution is -0.188. The van der Waals surface area contributed by atoms with E-state index in [0.717, 1.165) is 70.6 Å². The van der Waals surface area contributed by atoms with E-state index in [-0.39, 0.29) is 38.4 Å². The van der Waals surface area contributed by atoms with Gasteiger partial charge < -0.3 is 29.9 Å². The number of hydrogen-bond acceptors (Lipinski definition) is 10. The highest BCUT2D eigenvalue weighted by Crippen LogP contribution is 2.28. The Bertz CT molecular complexity index is 1390. The van der Waals surface area contributed by atoms with Gasteiger partial charge in [-0.05, 0) is 25.7 Å². The number of hydrogen-bond donors (Lipinski definition) is 4. The highest BCUT2D eigenvalue weighted by molar-refractivity contribution is 6.12. The molecule has 2 unspecified atom stereocenters. The van der Waals surface area contributed by atoms with E-state index in [1.54, 1.807) is 0 Å². The first-order valence-electron chi connectivity index (χ1n) is 39.1. The number of aliphatic hydroxyl groups is 4. The molecule has 0 heterocycles. The molecule has 4 N–H and O–H groups in total. The predicted octanol–water partition coefficient (Wildman–Crippen LogP) is 22.7. The van der Waals surface area contributed by atoms with Crippen LogP contribution in [-0.4, -0.2) is 81.6 Å². The van der Waals surface area contributed by atoms with E-state index >= 15 is 0 Å². The second-order valence-electron chi connectivity index (χ2n) is 27.1. The molecule has 524 valence electrons. The first-order chi connectivity index (χ1) is 43.1. The summed E-state index contributed by atoms with van der Waals surface area (Å²) in [7, 11) is 0. The van der Waals surface area contributed by atoms with E-state index in [0.29, 0.717) is 25.7 Å². The molecule has 0 radical (unpaired) electrons. The summed E-state index contributed by atoms with van der Waals surface area (Å²) in [5.74, 6) is -1.99. The fourth-order valence-corrected chi connectivity index (χ4v) is 12.3. The molecular weight excluding hydrogens is 1100 g/mol. The molecule has 0 rings (SSSR count). The van der Waals surface area contributed by atoms with Gasteiger partial charge in [0, 0.05) is 25.7 Å². The molecule has 0 aliphatic heterocycles. The van der Waals surface area contributed by atoms with E-state index in [1.807, 2.05) is 0 Å². The molecule has 0 bridgehead atoms. The Morgan fingerprint density at radius 3 is 0.670 bits per heavy atom. The van der Waals surface area contributed by atoms with Crippen LogP contribution in [0.5, 0.6) is 0 Å². The first-order valence-corrected chi connectivity index (χ1v) is 39.1. The minimum absolute atomic E-state index is 0.0617. The number of esters is 2. The standard InChI is InChI=1S/C57H110O6.C21H42O4/c1-4-7-10-13-16-19-22-25-28-31-34-37-40-43-46-49-53(59)57(55(61)52-58,54(60)50-47-44-41-38-35-32-29-26-23-20-17-14-11-8-5-2)63-56(62)51-48-45-42-39-36-33-30-27-24-21-18-15-12-9-6-3;1-2-3-4-5-6-7-8-9-10-11-12-13-14-15-16-17-21(24)25-19-20(23)18-22/h55,58,61H,4-52H2,1-3H3;20,22-23H,2-19H2,1H3. The van der Waals surface area contributed by atoms with Crippen LogP contribution in [0.15, 0.2) is 0 Å². The van der Waals surface area contributed by atoms with Crippen molar-refractivity contribution >= 4 is 23.5 Å². The molecule has 0 aromatic heterocycles. The fourth-order valence-electron chi connectivity index (χ4n) is 12.3. The average Bonchev–Trinajstić information content (AvgIpc) is 2.01. The number of ketones is 2. The lowest BCUT2D eigenvalue weighted by Crippen LogP contribution is -2.60. The Hall–Kier alpha value is -1.88. The fraction of sp³-hybridized carbons (Fsp3) is 0.949. The SMILES string of the molecule is CCCCCCCCCCCCCCCCCC(=O)OC(C(=O)CCCCCCCCCCCCCCCCC)(C(=O)CCCCCCCCCCCCCCCCC)C(O)CO.CCCCCCCCCCCCCCCCCC(=O)OCC(O)CO. The number of rotatable bonds is 72. The Balaban J connectivity index is 0. The van der Waals surface area contributed by atoms with Crippen molar-refractivity contribution in [1.29, 1.82) is 0 Å². The number of carbonyl (C=O) groups is 4. The maximum atomic E-state index is 14.0. The Morgan fingerprint density at radius 1 is 0.273 bits per heavy atom. The summed E-state index contributed by atoms with van der Waals surface area (Å²) < 4.78 is 10.7. The molecule has 0 aromatic carbocycles. The number of Topliss-reactive ketones (excluding diaryl/α,β-unsaturated/α-hetero) is 2. The second-order valence-corrected chi connectivity index (χ2v) is 27.1. The van der Waals surface area contributed by atoms with Crippen LogP contribution in [0, 0.1) is 0 Å². The summed E-state index contributed by atoms with van der Waals surface area (Å²) in [6.07, 6.45) is 72.2. The quantitative estimate of drug-likeness (QED) is 0.0261. The van der Waals surface area contributed by atoms with Gasteiger partial charge in [-0.15, -0.1) is 0 Å².